The van der Waals surface area contributed by atoms with Gasteiger partial charge in [-0.05, 0) is 42.1 Å². The molecule has 0 spiro atoms. The molecule has 0 unspecified atom stereocenters. The number of rotatable bonds is 4. The number of ether oxygens (including phenoxy) is 1. The summed E-state index contributed by atoms with van der Waals surface area (Å²) in [6.45, 7) is 1.41. The van der Waals surface area contributed by atoms with Gasteiger partial charge in [0.05, 0.1) is 23.7 Å². The van der Waals surface area contributed by atoms with Crippen molar-refractivity contribution in [2.24, 2.45) is 0 Å². The number of hydrogen-bond acceptors (Lipinski definition) is 7. The highest BCUT2D eigenvalue weighted by atomic mass is 32.1. The first-order valence-electron chi connectivity index (χ1n) is 9.38. The number of phenols is 1. The maximum absolute atomic E-state index is 13.2. The second-order valence-electron chi connectivity index (χ2n) is 7.36. The van der Waals surface area contributed by atoms with E-state index in [1.54, 1.807) is 6.92 Å². The molecular formula is C22H22O6S. The Morgan fingerprint density at radius 3 is 2.69 bits per heavy atom. The van der Waals surface area contributed by atoms with Crippen molar-refractivity contribution >= 4 is 27.2 Å². The highest BCUT2D eigenvalue weighted by Gasteiger charge is 2.39. The lowest BCUT2D eigenvalue weighted by Crippen LogP contribution is -2.44. The number of thiophene rings is 1. The molecule has 7 heteroatoms. The summed E-state index contributed by atoms with van der Waals surface area (Å²) in [5.41, 5.74) is 1.20. The van der Waals surface area contributed by atoms with E-state index in [-0.39, 0.29) is 30.1 Å². The van der Waals surface area contributed by atoms with E-state index in [0.29, 0.717) is 16.0 Å². The third-order valence-electron chi connectivity index (χ3n) is 5.33. The Balaban J connectivity index is 1.74. The summed E-state index contributed by atoms with van der Waals surface area (Å²) < 4.78 is 6.69. The minimum Gasteiger partial charge on any atom is -0.508 e. The molecule has 1 aliphatic rings. The molecule has 4 rings (SSSR count). The van der Waals surface area contributed by atoms with Gasteiger partial charge in [0.15, 0.2) is 0 Å². The summed E-state index contributed by atoms with van der Waals surface area (Å²) in [4.78, 5) is 13.8. The lowest BCUT2D eigenvalue weighted by Gasteiger charge is -2.37. The number of fused-ring (bicyclic) bond motifs is 1. The van der Waals surface area contributed by atoms with Gasteiger partial charge in [0.1, 0.15) is 18.0 Å². The molecule has 4 N–H and O–H groups in total. The third kappa shape index (κ3) is 3.68. The zero-order valence-electron chi connectivity index (χ0n) is 15.8. The summed E-state index contributed by atoms with van der Waals surface area (Å²) in [6, 6.07) is 12.5. The molecule has 1 fully saturated rings. The summed E-state index contributed by atoms with van der Waals surface area (Å²) in [7, 11) is 0. The molecule has 29 heavy (non-hydrogen) atoms. The van der Waals surface area contributed by atoms with Crippen LogP contribution in [0.2, 0.25) is 0 Å². The Labute approximate surface area is 171 Å². The first-order chi connectivity index (χ1) is 13.9. The van der Waals surface area contributed by atoms with E-state index in [9.17, 15) is 25.2 Å². The number of carbonyl (C=O) groups is 1. The SMILES string of the molecule is Cc1cc(O)c([C@@H]2O[C@H](CO)C[C@H](O)[C@@H]2O)cc1C(=O)c1cc2ccccc2s1. The van der Waals surface area contributed by atoms with Crippen molar-refractivity contribution in [2.45, 2.75) is 37.8 Å². The largest absolute Gasteiger partial charge is 0.508 e. The Kier molecular flexibility index (Phi) is 5.42. The summed E-state index contributed by atoms with van der Waals surface area (Å²) in [5.74, 6) is -0.320. The lowest BCUT2D eigenvalue weighted by atomic mass is 9.90. The van der Waals surface area contributed by atoms with Crippen molar-refractivity contribution < 1.29 is 30.0 Å². The predicted molar refractivity (Wildman–Crippen MR) is 109 cm³/mol. The van der Waals surface area contributed by atoms with Crippen LogP contribution in [-0.2, 0) is 4.74 Å². The number of aromatic hydroxyl groups is 1. The van der Waals surface area contributed by atoms with Crippen LogP contribution in [0.5, 0.6) is 5.75 Å². The fourth-order valence-corrected chi connectivity index (χ4v) is 4.75. The van der Waals surface area contributed by atoms with E-state index in [2.05, 4.69) is 0 Å². The van der Waals surface area contributed by atoms with Gasteiger partial charge >= 0.3 is 0 Å². The van der Waals surface area contributed by atoms with Crippen molar-refractivity contribution in [2.75, 3.05) is 6.61 Å². The second-order valence-corrected chi connectivity index (χ2v) is 8.44. The van der Waals surface area contributed by atoms with Crippen LogP contribution in [0.3, 0.4) is 0 Å². The Morgan fingerprint density at radius 2 is 1.97 bits per heavy atom. The zero-order valence-corrected chi connectivity index (χ0v) is 16.6. The third-order valence-corrected chi connectivity index (χ3v) is 6.44. The molecule has 3 aromatic rings. The molecular weight excluding hydrogens is 392 g/mol. The van der Waals surface area contributed by atoms with Crippen LogP contribution in [0, 0.1) is 6.92 Å². The van der Waals surface area contributed by atoms with E-state index < -0.39 is 24.4 Å². The topological polar surface area (TPSA) is 107 Å². The van der Waals surface area contributed by atoms with Gasteiger partial charge < -0.3 is 25.2 Å². The van der Waals surface area contributed by atoms with Gasteiger partial charge in [0.25, 0.3) is 0 Å². The molecule has 2 aromatic carbocycles. The molecule has 152 valence electrons. The molecule has 1 aromatic heterocycles. The van der Waals surface area contributed by atoms with Crippen molar-refractivity contribution in [1.82, 2.24) is 0 Å². The maximum atomic E-state index is 13.2. The average molecular weight is 414 g/mol. The summed E-state index contributed by atoms with van der Waals surface area (Å²) in [6.07, 6.45) is -4.01. The van der Waals surface area contributed by atoms with Crippen molar-refractivity contribution in [1.29, 1.82) is 0 Å². The van der Waals surface area contributed by atoms with Gasteiger partial charge in [-0.15, -0.1) is 11.3 Å². The Hall–Kier alpha value is -2.29. The Bertz CT molecular complexity index is 1030. The zero-order chi connectivity index (χ0) is 20.7. The van der Waals surface area contributed by atoms with Gasteiger partial charge in [0, 0.05) is 22.2 Å². The lowest BCUT2D eigenvalue weighted by molar-refractivity contribution is -0.180. The van der Waals surface area contributed by atoms with E-state index >= 15 is 0 Å². The van der Waals surface area contributed by atoms with E-state index in [4.69, 9.17) is 4.74 Å². The molecule has 2 heterocycles. The number of aryl methyl sites for hydroxylation is 1. The number of benzene rings is 2. The highest BCUT2D eigenvalue weighted by molar-refractivity contribution is 7.21. The maximum Gasteiger partial charge on any atom is 0.203 e. The Morgan fingerprint density at radius 1 is 1.21 bits per heavy atom. The monoisotopic (exact) mass is 414 g/mol. The smallest absolute Gasteiger partial charge is 0.203 e. The molecule has 0 radical (unpaired) electrons. The second kappa shape index (κ2) is 7.85. The van der Waals surface area contributed by atoms with Crippen LogP contribution in [-0.4, -0.2) is 51.1 Å². The molecule has 1 saturated heterocycles. The van der Waals surface area contributed by atoms with Crippen LogP contribution >= 0.6 is 11.3 Å². The van der Waals surface area contributed by atoms with Gasteiger partial charge in [-0.1, -0.05) is 18.2 Å². The molecule has 0 bridgehead atoms. The summed E-state index contributed by atoms with van der Waals surface area (Å²) >= 11 is 1.39. The molecule has 6 nitrogen and oxygen atoms in total. The minimum absolute atomic E-state index is 0.0916. The molecule has 0 amide bonds. The van der Waals surface area contributed by atoms with Gasteiger partial charge in [-0.2, -0.15) is 0 Å². The summed E-state index contributed by atoms with van der Waals surface area (Å²) in [5, 5.41) is 41.3. The molecule has 0 saturated carbocycles. The quantitative estimate of drug-likeness (QED) is 0.489. The van der Waals surface area contributed by atoms with Gasteiger partial charge in [-0.3, -0.25) is 4.79 Å². The number of phenolic OH excluding ortho intramolecular Hbond substituents is 1. The molecule has 0 aliphatic carbocycles. The van der Waals surface area contributed by atoms with Crippen LogP contribution < -0.4 is 0 Å². The van der Waals surface area contributed by atoms with E-state index in [0.717, 1.165) is 10.1 Å². The fraction of sp³-hybridized carbons (Fsp3) is 0.318. The predicted octanol–water partition coefficient (Wildman–Crippen LogP) is 2.69. The first kappa shape index (κ1) is 20.0. The molecule has 1 aliphatic heterocycles. The normalized spacial score (nSPS) is 24.7. The highest BCUT2D eigenvalue weighted by Crippen LogP contribution is 2.38. The van der Waals surface area contributed by atoms with Crippen molar-refractivity contribution in [3.63, 3.8) is 0 Å². The number of hydrogen-bond donors (Lipinski definition) is 4. The minimum atomic E-state index is -1.28. The van der Waals surface area contributed by atoms with Crippen LogP contribution in [0.25, 0.3) is 10.1 Å². The number of ketones is 1. The van der Waals surface area contributed by atoms with Crippen molar-refractivity contribution in [3.8, 4) is 5.75 Å². The average Bonchev–Trinajstić information content (AvgIpc) is 3.14. The number of carbonyl (C=O) groups excluding carboxylic acids is 1. The molecule has 4 atom stereocenters. The van der Waals surface area contributed by atoms with Crippen LogP contribution in [0.15, 0.2) is 42.5 Å². The van der Waals surface area contributed by atoms with E-state index in [1.807, 2.05) is 30.3 Å². The number of aliphatic hydroxyl groups excluding tert-OH is 3. The number of aliphatic hydroxyl groups is 3. The standard InChI is InChI=1S/C22H22O6S/c1-11-6-16(24)15(22-21(27)17(25)8-13(10-23)28-22)9-14(11)20(26)19-7-12-4-2-3-5-18(12)29-19/h2-7,9,13,17,21-25,27H,8,10H2,1H3/t13-,17-,21-,22-/m0/s1. The first-order valence-corrected chi connectivity index (χ1v) is 10.2. The van der Waals surface area contributed by atoms with Crippen molar-refractivity contribution in [3.05, 3.63) is 64.0 Å². The van der Waals surface area contributed by atoms with Gasteiger partial charge in [-0.25, -0.2) is 0 Å². The fourth-order valence-electron chi connectivity index (χ4n) is 3.74. The van der Waals surface area contributed by atoms with E-state index in [1.165, 1.54) is 23.5 Å². The van der Waals surface area contributed by atoms with Crippen LogP contribution in [0.1, 0.15) is 38.9 Å². The van der Waals surface area contributed by atoms with Gasteiger partial charge in [0.2, 0.25) is 5.78 Å². The van der Waals surface area contributed by atoms with Crippen LogP contribution in [0.4, 0.5) is 0 Å².